The molecule has 0 aliphatic rings. The van der Waals surface area contributed by atoms with Crippen LogP contribution in [0.2, 0.25) is 5.15 Å². The molecule has 0 atom stereocenters. The predicted octanol–water partition coefficient (Wildman–Crippen LogP) is 3.91. The first-order valence-corrected chi connectivity index (χ1v) is 6.77. The van der Waals surface area contributed by atoms with Crippen molar-refractivity contribution in [3.8, 4) is 0 Å². The Morgan fingerprint density at radius 2 is 2.11 bits per heavy atom. The minimum absolute atomic E-state index is 0.272. The van der Waals surface area contributed by atoms with Crippen molar-refractivity contribution in [3.63, 3.8) is 0 Å². The van der Waals surface area contributed by atoms with Crippen LogP contribution in [0.5, 0.6) is 0 Å². The van der Waals surface area contributed by atoms with E-state index in [9.17, 15) is 4.79 Å². The number of aromatic nitrogens is 2. The van der Waals surface area contributed by atoms with Crippen LogP contribution in [0.1, 0.15) is 10.4 Å². The molecule has 0 aliphatic carbocycles. The molecular formula is C11H6Br2ClN3O. The molecule has 0 spiro atoms. The van der Waals surface area contributed by atoms with Crippen LogP contribution in [-0.2, 0) is 0 Å². The Morgan fingerprint density at radius 1 is 1.33 bits per heavy atom. The molecule has 18 heavy (non-hydrogen) atoms. The Balaban J connectivity index is 2.22. The summed E-state index contributed by atoms with van der Waals surface area (Å²) >= 11 is 12.2. The lowest BCUT2D eigenvalue weighted by Gasteiger charge is -2.06. The minimum atomic E-state index is -0.272. The van der Waals surface area contributed by atoms with Gasteiger partial charge in [0.05, 0.1) is 21.9 Å². The van der Waals surface area contributed by atoms with Gasteiger partial charge in [0, 0.05) is 6.20 Å². The Hall–Kier alpha value is -0.980. The van der Waals surface area contributed by atoms with E-state index in [4.69, 9.17) is 11.6 Å². The van der Waals surface area contributed by atoms with Crippen LogP contribution in [-0.4, -0.2) is 15.9 Å². The molecule has 92 valence electrons. The summed E-state index contributed by atoms with van der Waals surface area (Å²) in [4.78, 5) is 19.9. The van der Waals surface area contributed by atoms with Crippen LogP contribution < -0.4 is 5.32 Å². The molecular weight excluding hydrogens is 385 g/mol. The van der Waals surface area contributed by atoms with Gasteiger partial charge in [0.25, 0.3) is 5.91 Å². The van der Waals surface area contributed by atoms with Gasteiger partial charge in [-0.3, -0.25) is 4.79 Å². The van der Waals surface area contributed by atoms with E-state index in [0.717, 1.165) is 0 Å². The Labute approximate surface area is 125 Å². The summed E-state index contributed by atoms with van der Waals surface area (Å²) in [5.41, 5.74) is 0.996. The van der Waals surface area contributed by atoms with Crippen molar-refractivity contribution in [2.24, 2.45) is 0 Å². The van der Waals surface area contributed by atoms with Crippen LogP contribution in [0, 0.1) is 0 Å². The van der Waals surface area contributed by atoms with Crippen molar-refractivity contribution in [1.29, 1.82) is 0 Å². The summed E-state index contributed by atoms with van der Waals surface area (Å²) in [5, 5.41) is 3.05. The van der Waals surface area contributed by atoms with Crippen LogP contribution in [0.3, 0.4) is 0 Å². The lowest BCUT2D eigenvalue weighted by Crippen LogP contribution is -2.13. The number of pyridine rings is 2. The number of hydrogen-bond donors (Lipinski definition) is 1. The molecule has 1 amide bonds. The zero-order valence-corrected chi connectivity index (χ0v) is 12.8. The molecule has 4 nitrogen and oxygen atoms in total. The third-order valence-corrected chi connectivity index (χ3v) is 3.82. The maximum absolute atomic E-state index is 12.0. The molecule has 0 saturated carbocycles. The first-order valence-electron chi connectivity index (χ1n) is 4.81. The number of amides is 1. The minimum Gasteiger partial charge on any atom is -0.320 e. The standard InChI is InChI=1S/C11H6Br2ClN3O/c12-8-4-6(5-16-10(8)14)17-11(18)7-2-1-3-15-9(7)13/h1-5H,(H,17,18). The monoisotopic (exact) mass is 389 g/mol. The average molecular weight is 391 g/mol. The average Bonchev–Trinajstić information content (AvgIpc) is 2.34. The first-order chi connectivity index (χ1) is 8.58. The maximum atomic E-state index is 12.0. The van der Waals surface area contributed by atoms with Crippen molar-refractivity contribution in [3.05, 3.63) is 50.4 Å². The first kappa shape index (κ1) is 13.5. The molecule has 0 aliphatic heterocycles. The van der Waals surface area contributed by atoms with Gasteiger partial charge in [0.2, 0.25) is 0 Å². The van der Waals surface area contributed by atoms with Crippen LogP contribution in [0.4, 0.5) is 5.69 Å². The summed E-state index contributed by atoms with van der Waals surface area (Å²) < 4.78 is 1.11. The number of nitrogens with zero attached hydrogens (tertiary/aromatic N) is 2. The summed E-state index contributed by atoms with van der Waals surface area (Å²) in [6.45, 7) is 0. The van der Waals surface area contributed by atoms with E-state index < -0.39 is 0 Å². The molecule has 2 aromatic rings. The smallest absolute Gasteiger partial charge is 0.258 e. The quantitative estimate of drug-likeness (QED) is 0.790. The van der Waals surface area contributed by atoms with Crippen LogP contribution >= 0.6 is 43.5 Å². The second kappa shape index (κ2) is 5.77. The largest absolute Gasteiger partial charge is 0.320 e. The van der Waals surface area contributed by atoms with Crippen molar-refractivity contribution >= 4 is 55.1 Å². The van der Waals surface area contributed by atoms with Crippen molar-refractivity contribution in [2.75, 3.05) is 5.32 Å². The van der Waals surface area contributed by atoms with Crippen molar-refractivity contribution in [2.45, 2.75) is 0 Å². The van der Waals surface area contributed by atoms with Gasteiger partial charge in [-0.05, 0) is 50.1 Å². The van der Waals surface area contributed by atoms with E-state index in [-0.39, 0.29) is 5.91 Å². The second-order valence-electron chi connectivity index (χ2n) is 3.29. The van der Waals surface area contributed by atoms with Gasteiger partial charge >= 0.3 is 0 Å². The van der Waals surface area contributed by atoms with Crippen molar-refractivity contribution in [1.82, 2.24) is 9.97 Å². The molecule has 0 radical (unpaired) electrons. The molecule has 0 saturated heterocycles. The van der Waals surface area contributed by atoms with E-state index >= 15 is 0 Å². The third kappa shape index (κ3) is 3.07. The highest BCUT2D eigenvalue weighted by Crippen LogP contribution is 2.23. The van der Waals surface area contributed by atoms with Gasteiger partial charge in [-0.25, -0.2) is 9.97 Å². The molecule has 0 fully saturated rings. The number of rotatable bonds is 2. The fourth-order valence-electron chi connectivity index (χ4n) is 1.24. The van der Waals surface area contributed by atoms with Crippen LogP contribution in [0.15, 0.2) is 39.7 Å². The topological polar surface area (TPSA) is 54.9 Å². The maximum Gasteiger partial charge on any atom is 0.258 e. The number of nitrogens with one attached hydrogen (secondary N) is 1. The van der Waals surface area contributed by atoms with Gasteiger partial charge in [-0.15, -0.1) is 0 Å². The molecule has 1 N–H and O–H groups in total. The predicted molar refractivity (Wildman–Crippen MR) is 76.8 cm³/mol. The molecule has 2 aromatic heterocycles. The highest BCUT2D eigenvalue weighted by atomic mass is 79.9. The lowest BCUT2D eigenvalue weighted by molar-refractivity contribution is 0.102. The van der Waals surface area contributed by atoms with E-state index in [0.29, 0.717) is 25.5 Å². The van der Waals surface area contributed by atoms with Gasteiger partial charge in [-0.2, -0.15) is 0 Å². The Kier molecular flexibility index (Phi) is 4.31. The normalized spacial score (nSPS) is 10.2. The number of hydrogen-bond acceptors (Lipinski definition) is 3. The SMILES string of the molecule is O=C(Nc1cnc(Cl)c(Br)c1)c1cccnc1Br. The lowest BCUT2D eigenvalue weighted by atomic mass is 10.2. The van der Waals surface area contributed by atoms with Crippen LogP contribution in [0.25, 0.3) is 0 Å². The van der Waals surface area contributed by atoms with Gasteiger partial charge in [0.1, 0.15) is 9.76 Å². The fourth-order valence-corrected chi connectivity index (χ4v) is 2.13. The molecule has 0 aromatic carbocycles. The summed E-state index contributed by atoms with van der Waals surface area (Å²) in [6.07, 6.45) is 3.08. The number of carbonyl (C=O) groups excluding carboxylic acids is 1. The van der Waals surface area contributed by atoms with Crippen molar-refractivity contribution < 1.29 is 4.79 Å². The molecule has 7 heteroatoms. The highest BCUT2D eigenvalue weighted by molar-refractivity contribution is 9.10. The highest BCUT2D eigenvalue weighted by Gasteiger charge is 2.11. The second-order valence-corrected chi connectivity index (χ2v) is 5.26. The summed E-state index contributed by atoms with van der Waals surface area (Å²) in [7, 11) is 0. The Morgan fingerprint density at radius 3 is 2.78 bits per heavy atom. The summed E-state index contributed by atoms with van der Waals surface area (Å²) in [5.74, 6) is -0.272. The summed E-state index contributed by atoms with van der Waals surface area (Å²) in [6, 6.07) is 5.04. The number of halogens is 3. The zero-order valence-electron chi connectivity index (χ0n) is 8.82. The molecule has 2 heterocycles. The van der Waals surface area contributed by atoms with Gasteiger partial charge < -0.3 is 5.32 Å². The fraction of sp³-hybridized carbons (Fsp3) is 0. The molecule has 0 bridgehead atoms. The Bertz CT molecular complexity index is 607. The third-order valence-electron chi connectivity index (χ3n) is 2.06. The van der Waals surface area contributed by atoms with Gasteiger partial charge in [0.15, 0.2) is 0 Å². The molecule has 2 rings (SSSR count). The van der Waals surface area contributed by atoms with Gasteiger partial charge in [-0.1, -0.05) is 11.6 Å². The van der Waals surface area contributed by atoms with E-state index in [1.807, 2.05) is 0 Å². The molecule has 0 unspecified atom stereocenters. The zero-order chi connectivity index (χ0) is 13.1. The number of carbonyl (C=O) groups is 1. The van der Waals surface area contributed by atoms with E-state index in [1.54, 1.807) is 24.4 Å². The van der Waals surface area contributed by atoms with E-state index in [2.05, 4.69) is 47.1 Å². The number of anilines is 1. The van der Waals surface area contributed by atoms with E-state index in [1.165, 1.54) is 6.20 Å².